The van der Waals surface area contributed by atoms with E-state index in [1.807, 2.05) is 18.0 Å². The van der Waals surface area contributed by atoms with Gasteiger partial charge in [-0.05, 0) is 20.8 Å². The summed E-state index contributed by atoms with van der Waals surface area (Å²) in [6.07, 6.45) is 1.82. The molecule has 2 heterocycles. The van der Waals surface area contributed by atoms with Crippen molar-refractivity contribution < 1.29 is 4.42 Å². The van der Waals surface area contributed by atoms with Crippen molar-refractivity contribution >= 4 is 41.7 Å². The van der Waals surface area contributed by atoms with Crippen LogP contribution in [0.5, 0.6) is 0 Å². The number of guanidine groups is 1. The van der Waals surface area contributed by atoms with E-state index in [0.717, 1.165) is 37.1 Å². The van der Waals surface area contributed by atoms with Gasteiger partial charge >= 0.3 is 0 Å². The minimum absolute atomic E-state index is 0. The maximum Gasteiger partial charge on any atom is 0.216 e. The Morgan fingerprint density at radius 2 is 2.17 bits per heavy atom. The molecular formula is C17H31IN4OS. The van der Waals surface area contributed by atoms with Gasteiger partial charge in [-0.3, -0.25) is 0 Å². The average Bonchev–Trinajstić information content (AvgIpc) is 2.91. The zero-order valence-electron chi connectivity index (χ0n) is 15.7. The molecule has 0 aromatic carbocycles. The van der Waals surface area contributed by atoms with Crippen LogP contribution < -0.4 is 5.32 Å². The lowest BCUT2D eigenvalue weighted by atomic mass is 9.94. The van der Waals surface area contributed by atoms with Crippen LogP contribution in [0.25, 0.3) is 0 Å². The van der Waals surface area contributed by atoms with Crippen molar-refractivity contribution in [1.29, 1.82) is 0 Å². The van der Waals surface area contributed by atoms with Crippen LogP contribution in [0.1, 0.15) is 53.2 Å². The first kappa shape index (κ1) is 21.6. The Balaban J connectivity index is 0.00000288. The van der Waals surface area contributed by atoms with Gasteiger partial charge < -0.3 is 14.6 Å². The number of hydrogen-bond donors (Lipinski definition) is 1. The Hall–Kier alpha value is -0.440. The molecule has 0 bridgehead atoms. The van der Waals surface area contributed by atoms with Crippen molar-refractivity contribution in [2.45, 2.75) is 58.2 Å². The third-order valence-electron chi connectivity index (χ3n) is 3.72. The van der Waals surface area contributed by atoms with Crippen molar-refractivity contribution in [2.75, 3.05) is 25.4 Å². The molecule has 24 heavy (non-hydrogen) atoms. The number of nitrogens with zero attached hydrogens (tertiary/aromatic N) is 3. The Kier molecular flexibility index (Phi) is 7.90. The average molecular weight is 466 g/mol. The largest absolute Gasteiger partial charge is 0.443 e. The van der Waals surface area contributed by atoms with Gasteiger partial charge in [0.05, 0.1) is 6.20 Å². The predicted octanol–water partition coefficient (Wildman–Crippen LogP) is 3.88. The first-order chi connectivity index (χ1) is 10.7. The summed E-state index contributed by atoms with van der Waals surface area (Å²) >= 11 is 2.02. The summed E-state index contributed by atoms with van der Waals surface area (Å²) in [5, 5.41) is 3.39. The van der Waals surface area contributed by atoms with E-state index in [-0.39, 0.29) is 34.1 Å². The number of oxazole rings is 1. The first-order valence-electron chi connectivity index (χ1n) is 8.34. The predicted molar refractivity (Wildman–Crippen MR) is 114 cm³/mol. The van der Waals surface area contributed by atoms with Gasteiger partial charge in [-0.1, -0.05) is 20.8 Å². The molecule has 0 amide bonds. The molecule has 1 aromatic rings. The summed E-state index contributed by atoms with van der Waals surface area (Å²) in [6.45, 7) is 16.4. The third-order valence-corrected chi connectivity index (χ3v) is 5.01. The molecule has 0 saturated carbocycles. The van der Waals surface area contributed by atoms with Crippen molar-refractivity contribution in [3.63, 3.8) is 0 Å². The Bertz CT molecular complexity index is 551. The summed E-state index contributed by atoms with van der Waals surface area (Å²) in [4.78, 5) is 11.4. The van der Waals surface area contributed by atoms with E-state index in [4.69, 9.17) is 9.41 Å². The molecule has 1 aromatic heterocycles. The molecule has 1 aliphatic rings. The molecule has 2 rings (SSSR count). The van der Waals surface area contributed by atoms with Crippen LogP contribution in [0.15, 0.2) is 15.6 Å². The number of thioether (sulfide) groups is 1. The summed E-state index contributed by atoms with van der Waals surface area (Å²) in [7, 11) is 0. The standard InChI is InChI=1S/C17H30N4OS.HI/c1-7-18-15(21-8-9-23-17(5,6)12-21)20-11-14-19-10-13(22-14)16(2,3)4;/h10H,7-9,11-12H2,1-6H3,(H,18,20);1H. The highest BCUT2D eigenvalue weighted by Crippen LogP contribution is 2.29. The normalized spacial score (nSPS) is 18.2. The molecule has 0 unspecified atom stereocenters. The summed E-state index contributed by atoms with van der Waals surface area (Å²) in [6, 6.07) is 0. The van der Waals surface area contributed by atoms with E-state index in [0.29, 0.717) is 12.4 Å². The van der Waals surface area contributed by atoms with Gasteiger partial charge in [-0.2, -0.15) is 11.8 Å². The van der Waals surface area contributed by atoms with Gasteiger partial charge in [0.2, 0.25) is 5.89 Å². The van der Waals surface area contributed by atoms with Crippen LogP contribution in [0.4, 0.5) is 0 Å². The molecule has 1 aliphatic heterocycles. The molecule has 1 fully saturated rings. The highest BCUT2D eigenvalue weighted by Gasteiger charge is 2.28. The lowest BCUT2D eigenvalue weighted by Crippen LogP contribution is -2.50. The lowest BCUT2D eigenvalue weighted by Gasteiger charge is -2.39. The van der Waals surface area contributed by atoms with Crippen LogP contribution >= 0.6 is 35.7 Å². The first-order valence-corrected chi connectivity index (χ1v) is 9.32. The van der Waals surface area contributed by atoms with E-state index in [1.165, 1.54) is 0 Å². The second-order valence-corrected chi connectivity index (χ2v) is 9.37. The number of rotatable bonds is 3. The SMILES string of the molecule is CCNC(=NCc1ncc(C(C)(C)C)o1)N1CCSC(C)(C)C1.I. The smallest absolute Gasteiger partial charge is 0.216 e. The number of aromatic nitrogens is 1. The van der Waals surface area contributed by atoms with Gasteiger partial charge in [0.1, 0.15) is 12.3 Å². The molecule has 1 N–H and O–H groups in total. The fourth-order valence-electron chi connectivity index (χ4n) is 2.50. The number of halogens is 1. The summed E-state index contributed by atoms with van der Waals surface area (Å²) in [5.74, 6) is 3.67. The minimum Gasteiger partial charge on any atom is -0.443 e. The van der Waals surface area contributed by atoms with Crippen molar-refractivity contribution in [1.82, 2.24) is 15.2 Å². The number of hydrogen-bond acceptors (Lipinski definition) is 4. The second kappa shape index (κ2) is 8.78. The molecule has 0 aliphatic carbocycles. The number of nitrogens with one attached hydrogen (secondary N) is 1. The van der Waals surface area contributed by atoms with Crippen LogP contribution in [0.3, 0.4) is 0 Å². The van der Waals surface area contributed by atoms with E-state index < -0.39 is 0 Å². The van der Waals surface area contributed by atoms with E-state index in [9.17, 15) is 0 Å². The van der Waals surface area contributed by atoms with Crippen LogP contribution in [0, 0.1) is 0 Å². The monoisotopic (exact) mass is 466 g/mol. The van der Waals surface area contributed by atoms with Gasteiger partial charge in [-0.25, -0.2) is 9.98 Å². The lowest BCUT2D eigenvalue weighted by molar-refractivity contribution is 0.369. The third kappa shape index (κ3) is 6.13. The van der Waals surface area contributed by atoms with E-state index in [1.54, 1.807) is 0 Å². The topological polar surface area (TPSA) is 53.7 Å². The fraction of sp³-hybridized carbons (Fsp3) is 0.765. The Labute approximate surface area is 167 Å². The quantitative estimate of drug-likeness (QED) is 0.416. The maximum absolute atomic E-state index is 5.84. The van der Waals surface area contributed by atoms with Crippen molar-refractivity contribution in [3.8, 4) is 0 Å². The zero-order valence-corrected chi connectivity index (χ0v) is 18.8. The zero-order chi connectivity index (χ0) is 17.1. The van der Waals surface area contributed by atoms with E-state index >= 15 is 0 Å². The highest BCUT2D eigenvalue weighted by atomic mass is 127. The van der Waals surface area contributed by atoms with Crippen LogP contribution in [0.2, 0.25) is 0 Å². The molecule has 1 saturated heterocycles. The van der Waals surface area contributed by atoms with Crippen LogP contribution in [-0.4, -0.2) is 46.0 Å². The molecule has 0 spiro atoms. The summed E-state index contributed by atoms with van der Waals surface area (Å²) in [5.41, 5.74) is -0.0203. The maximum atomic E-state index is 5.84. The molecular weight excluding hydrogens is 435 g/mol. The van der Waals surface area contributed by atoms with Crippen molar-refractivity contribution in [2.24, 2.45) is 4.99 Å². The van der Waals surface area contributed by atoms with E-state index in [2.05, 4.69) is 56.7 Å². The Morgan fingerprint density at radius 1 is 1.46 bits per heavy atom. The van der Waals surface area contributed by atoms with Gasteiger partial charge in [-0.15, -0.1) is 24.0 Å². The van der Waals surface area contributed by atoms with Gasteiger partial charge in [0.25, 0.3) is 0 Å². The van der Waals surface area contributed by atoms with Crippen molar-refractivity contribution in [3.05, 3.63) is 17.8 Å². The number of aliphatic imine (C=N–C) groups is 1. The van der Waals surface area contributed by atoms with Gasteiger partial charge in [0, 0.05) is 35.5 Å². The highest BCUT2D eigenvalue weighted by molar-refractivity contribution is 14.0. The fourth-order valence-corrected chi connectivity index (χ4v) is 3.61. The molecule has 0 atom stereocenters. The minimum atomic E-state index is -0.0203. The van der Waals surface area contributed by atoms with Gasteiger partial charge in [0.15, 0.2) is 5.96 Å². The molecule has 5 nitrogen and oxygen atoms in total. The van der Waals surface area contributed by atoms with Crippen LogP contribution in [-0.2, 0) is 12.0 Å². The second-order valence-electron chi connectivity index (χ2n) is 7.57. The molecule has 0 radical (unpaired) electrons. The molecule has 138 valence electrons. The molecule has 7 heteroatoms. The summed E-state index contributed by atoms with van der Waals surface area (Å²) < 4.78 is 6.10. The Morgan fingerprint density at radius 3 is 2.71 bits per heavy atom.